The highest BCUT2D eigenvalue weighted by Gasteiger charge is 2.12. The van der Waals surface area contributed by atoms with Crippen molar-refractivity contribution in [3.63, 3.8) is 0 Å². The van der Waals surface area contributed by atoms with Gasteiger partial charge in [0.15, 0.2) is 11.6 Å². The molecule has 2 aromatic carbocycles. The summed E-state index contributed by atoms with van der Waals surface area (Å²) in [5.74, 6) is 0.299. The van der Waals surface area contributed by atoms with Crippen LogP contribution >= 0.6 is 0 Å². The molecule has 0 fully saturated rings. The lowest BCUT2D eigenvalue weighted by molar-refractivity contribution is 0.113. The van der Waals surface area contributed by atoms with E-state index in [4.69, 9.17) is 14.7 Å². The van der Waals surface area contributed by atoms with Crippen LogP contribution in [0.15, 0.2) is 42.5 Å². The van der Waals surface area contributed by atoms with Crippen molar-refractivity contribution in [1.29, 1.82) is 5.26 Å². The summed E-state index contributed by atoms with van der Waals surface area (Å²) < 4.78 is 24.1. The number of halogens is 1. The van der Waals surface area contributed by atoms with E-state index in [1.807, 2.05) is 6.07 Å². The average Bonchev–Trinajstić information content (AvgIpc) is 2.60. The molecule has 0 amide bonds. The summed E-state index contributed by atoms with van der Waals surface area (Å²) in [6.45, 7) is 0.372. The molecule has 126 valence electrons. The number of aliphatic hydroxyl groups excluding tert-OH is 1. The van der Waals surface area contributed by atoms with E-state index in [9.17, 15) is 9.50 Å². The fourth-order valence-electron chi connectivity index (χ4n) is 2.19. The summed E-state index contributed by atoms with van der Waals surface area (Å²) >= 11 is 0. The molecule has 0 aliphatic heterocycles. The quantitative estimate of drug-likeness (QED) is 0.845. The van der Waals surface area contributed by atoms with E-state index in [0.717, 1.165) is 0 Å². The van der Waals surface area contributed by atoms with Gasteiger partial charge in [-0.3, -0.25) is 0 Å². The minimum Gasteiger partial charge on any atom is -0.494 e. The Morgan fingerprint density at radius 3 is 2.54 bits per heavy atom. The molecule has 1 N–H and O–H groups in total. The molecule has 0 saturated heterocycles. The highest BCUT2D eigenvalue weighted by molar-refractivity contribution is 5.49. The first kappa shape index (κ1) is 17.6. The summed E-state index contributed by atoms with van der Waals surface area (Å²) in [5.41, 5.74) is 1.18. The number of benzene rings is 2. The molecule has 0 heterocycles. The van der Waals surface area contributed by atoms with Gasteiger partial charge in [0.1, 0.15) is 18.5 Å². The number of aliphatic hydroxyl groups is 1. The first-order valence-electron chi connectivity index (χ1n) is 7.39. The fourth-order valence-corrected chi connectivity index (χ4v) is 2.19. The maximum atomic E-state index is 13.7. The first-order valence-corrected chi connectivity index (χ1v) is 7.39. The Balaban J connectivity index is 1.87. The number of hydrogen-bond acceptors (Lipinski definition) is 5. The van der Waals surface area contributed by atoms with Crippen LogP contribution in [-0.4, -0.2) is 38.5 Å². The molecule has 0 bridgehead atoms. The molecule has 0 aliphatic carbocycles. The number of nitrogens with zero attached hydrogens (tertiary/aromatic N) is 2. The van der Waals surface area contributed by atoms with Crippen LogP contribution in [0.4, 0.5) is 10.1 Å². The summed E-state index contributed by atoms with van der Waals surface area (Å²) in [7, 11) is 3.16. The molecule has 6 heteroatoms. The summed E-state index contributed by atoms with van der Waals surface area (Å²) in [4.78, 5) is 1.73. The van der Waals surface area contributed by atoms with Gasteiger partial charge >= 0.3 is 0 Å². The molecule has 0 aliphatic rings. The van der Waals surface area contributed by atoms with Crippen molar-refractivity contribution in [3.8, 4) is 17.6 Å². The van der Waals surface area contributed by atoms with Crippen LogP contribution in [0.3, 0.4) is 0 Å². The van der Waals surface area contributed by atoms with Gasteiger partial charge in [-0.2, -0.15) is 5.26 Å². The van der Waals surface area contributed by atoms with Crippen molar-refractivity contribution in [2.45, 2.75) is 6.10 Å². The van der Waals surface area contributed by atoms with Gasteiger partial charge in [-0.1, -0.05) is 0 Å². The second-order valence-corrected chi connectivity index (χ2v) is 5.30. The second kappa shape index (κ2) is 8.18. The van der Waals surface area contributed by atoms with Crippen molar-refractivity contribution < 1.29 is 19.0 Å². The summed E-state index contributed by atoms with van der Waals surface area (Å²) in [6, 6.07) is 13.3. The van der Waals surface area contributed by atoms with Crippen LogP contribution in [0, 0.1) is 17.1 Å². The van der Waals surface area contributed by atoms with Gasteiger partial charge < -0.3 is 19.5 Å². The molecule has 0 spiro atoms. The Bertz CT molecular complexity index is 713. The number of rotatable bonds is 7. The lowest BCUT2D eigenvalue weighted by Gasteiger charge is -2.23. The van der Waals surface area contributed by atoms with Crippen LogP contribution in [0.2, 0.25) is 0 Å². The molecular formula is C18H19FN2O3. The van der Waals surface area contributed by atoms with Gasteiger partial charge in [0, 0.05) is 25.3 Å². The van der Waals surface area contributed by atoms with Gasteiger partial charge in [-0.15, -0.1) is 0 Å². The molecule has 2 aromatic rings. The first-order chi connectivity index (χ1) is 11.5. The Morgan fingerprint density at radius 2 is 1.96 bits per heavy atom. The predicted molar refractivity (Wildman–Crippen MR) is 88.9 cm³/mol. The fraction of sp³-hybridized carbons (Fsp3) is 0.278. The van der Waals surface area contributed by atoms with Crippen molar-refractivity contribution in [2.75, 3.05) is 32.2 Å². The lowest BCUT2D eigenvalue weighted by Crippen LogP contribution is -2.33. The SMILES string of the molecule is COc1ccc(N(C)CC(O)COc2ccc(C#N)cc2)cc1F. The zero-order chi connectivity index (χ0) is 17.5. The Labute approximate surface area is 140 Å². The van der Waals surface area contributed by atoms with E-state index in [0.29, 0.717) is 17.0 Å². The molecule has 1 atom stereocenters. The van der Waals surface area contributed by atoms with E-state index >= 15 is 0 Å². The standard InChI is InChI=1S/C18H19FN2O3/c1-21(14-5-8-18(23-2)17(19)9-14)11-15(22)12-24-16-6-3-13(10-20)4-7-16/h3-9,15,22H,11-12H2,1-2H3. The van der Waals surface area contributed by atoms with Crippen LogP contribution in [0.25, 0.3) is 0 Å². The molecule has 5 nitrogen and oxygen atoms in total. The number of methoxy groups -OCH3 is 1. The van der Waals surface area contributed by atoms with Crippen molar-refractivity contribution in [3.05, 3.63) is 53.8 Å². The minimum atomic E-state index is -0.754. The molecule has 0 saturated carbocycles. The largest absolute Gasteiger partial charge is 0.494 e. The smallest absolute Gasteiger partial charge is 0.167 e. The van der Waals surface area contributed by atoms with Crippen LogP contribution in [-0.2, 0) is 0 Å². The normalized spacial score (nSPS) is 11.5. The maximum Gasteiger partial charge on any atom is 0.167 e. The number of anilines is 1. The summed E-state index contributed by atoms with van der Waals surface area (Å²) in [6.07, 6.45) is -0.754. The molecule has 0 aromatic heterocycles. The average molecular weight is 330 g/mol. The molecule has 1 unspecified atom stereocenters. The van der Waals surface area contributed by atoms with Crippen LogP contribution < -0.4 is 14.4 Å². The number of ether oxygens (including phenoxy) is 2. The molecule has 2 rings (SSSR count). The van der Waals surface area contributed by atoms with Gasteiger partial charge in [0.2, 0.25) is 0 Å². The second-order valence-electron chi connectivity index (χ2n) is 5.30. The lowest BCUT2D eigenvalue weighted by atomic mass is 10.2. The number of nitriles is 1. The number of hydrogen-bond donors (Lipinski definition) is 1. The minimum absolute atomic E-state index is 0.0921. The van der Waals surface area contributed by atoms with Crippen LogP contribution in [0.5, 0.6) is 11.5 Å². The Kier molecular flexibility index (Phi) is 5.99. The third kappa shape index (κ3) is 4.61. The molecular weight excluding hydrogens is 311 g/mol. The highest BCUT2D eigenvalue weighted by Crippen LogP contribution is 2.23. The van der Waals surface area contributed by atoms with Crippen molar-refractivity contribution in [2.24, 2.45) is 0 Å². The Hall–Kier alpha value is -2.78. The molecule has 24 heavy (non-hydrogen) atoms. The topological polar surface area (TPSA) is 65.7 Å². The van der Waals surface area contributed by atoms with E-state index in [1.165, 1.54) is 13.2 Å². The molecule has 0 radical (unpaired) electrons. The van der Waals surface area contributed by atoms with E-state index < -0.39 is 11.9 Å². The monoisotopic (exact) mass is 330 g/mol. The van der Waals surface area contributed by atoms with E-state index in [2.05, 4.69) is 0 Å². The van der Waals surface area contributed by atoms with Gasteiger partial charge in [0.05, 0.1) is 18.7 Å². The van der Waals surface area contributed by atoms with Gasteiger partial charge in [0.25, 0.3) is 0 Å². The van der Waals surface area contributed by atoms with Crippen molar-refractivity contribution in [1.82, 2.24) is 0 Å². The Morgan fingerprint density at radius 1 is 1.25 bits per heavy atom. The summed E-state index contributed by atoms with van der Waals surface area (Å²) in [5, 5.41) is 18.8. The van der Waals surface area contributed by atoms with E-state index in [-0.39, 0.29) is 18.9 Å². The van der Waals surface area contributed by atoms with Gasteiger partial charge in [-0.25, -0.2) is 4.39 Å². The van der Waals surface area contributed by atoms with Crippen LogP contribution in [0.1, 0.15) is 5.56 Å². The van der Waals surface area contributed by atoms with E-state index in [1.54, 1.807) is 48.3 Å². The van der Waals surface area contributed by atoms with Gasteiger partial charge in [-0.05, 0) is 36.4 Å². The highest BCUT2D eigenvalue weighted by atomic mass is 19.1. The third-order valence-corrected chi connectivity index (χ3v) is 3.49. The maximum absolute atomic E-state index is 13.7. The van der Waals surface area contributed by atoms with Crippen molar-refractivity contribution >= 4 is 5.69 Å². The third-order valence-electron chi connectivity index (χ3n) is 3.49. The number of likely N-dealkylation sites (N-methyl/N-ethyl adjacent to an activating group) is 1. The zero-order valence-electron chi connectivity index (χ0n) is 13.6. The predicted octanol–water partition coefficient (Wildman–Crippen LogP) is 2.58. The zero-order valence-corrected chi connectivity index (χ0v) is 13.6.